The number of piperidine rings is 1. The molecule has 1 fully saturated rings. The number of esters is 1. The summed E-state index contributed by atoms with van der Waals surface area (Å²) in [6.45, 7) is 33.1. The highest BCUT2D eigenvalue weighted by Crippen LogP contribution is 2.31. The van der Waals surface area contributed by atoms with Gasteiger partial charge in [-0.2, -0.15) is 0 Å². The lowest BCUT2D eigenvalue weighted by atomic mass is 9.84. The van der Waals surface area contributed by atoms with Gasteiger partial charge >= 0.3 is 5.97 Å². The lowest BCUT2D eigenvalue weighted by Gasteiger charge is -2.32. The standard InChI is InChI=1S/C18H24N2OS2.C15H28O3.3C2H6.CH2O/c1-3-4-5-15-6-7-16(23-15)17(21)14-8-10-20(11-9-14)18-19-12-13(2)22-18;1-7-8-10-15(5,11-9-12-17-6)13(16)18-14(2,3)4;4*1-2/h6-7,14H,2-5,8-12H2,1H3;8,10H,7,9,11-12H2,1-6H3;3*1-2H3;1H2/b;10-8+;;;;. The predicted octanol–water partition coefficient (Wildman–Crippen LogP) is 11.2. The molecule has 0 amide bonds. The van der Waals surface area contributed by atoms with Crippen molar-refractivity contribution in [1.29, 1.82) is 0 Å². The van der Waals surface area contributed by atoms with Crippen molar-refractivity contribution in [2.45, 2.75) is 140 Å². The molecule has 9 heteroatoms. The van der Waals surface area contributed by atoms with Crippen LogP contribution in [0.15, 0.2) is 40.8 Å². The molecule has 2 aliphatic heterocycles. The monoisotopic (exact) mass is 724 g/mol. The Bertz CT molecular complexity index is 1070. The highest BCUT2D eigenvalue weighted by molar-refractivity contribution is 8.17. The third-order valence-electron chi connectivity index (χ3n) is 7.07. The van der Waals surface area contributed by atoms with E-state index in [1.807, 2.05) is 94.2 Å². The second-order valence-electron chi connectivity index (χ2n) is 12.1. The van der Waals surface area contributed by atoms with Gasteiger partial charge in [-0.05, 0) is 84.8 Å². The van der Waals surface area contributed by atoms with E-state index in [1.165, 1.54) is 17.7 Å². The topological polar surface area (TPSA) is 85.3 Å². The number of rotatable bonds is 12. The van der Waals surface area contributed by atoms with Crippen molar-refractivity contribution in [3.05, 3.63) is 45.5 Å². The Morgan fingerprint density at radius 2 is 1.59 bits per heavy atom. The van der Waals surface area contributed by atoms with Crippen molar-refractivity contribution >= 4 is 46.8 Å². The second kappa shape index (κ2) is 30.6. The van der Waals surface area contributed by atoms with Crippen LogP contribution < -0.4 is 0 Å². The number of Topliss-reactive ketones (excluding diaryl/α,β-unsaturated/α-hetero) is 1. The Morgan fingerprint density at radius 3 is 2.06 bits per heavy atom. The highest BCUT2D eigenvalue weighted by Gasteiger charge is 2.34. The fourth-order valence-electron chi connectivity index (χ4n) is 4.65. The normalized spacial score (nSPS) is 15.2. The molecule has 0 radical (unpaired) electrons. The summed E-state index contributed by atoms with van der Waals surface area (Å²) < 4.78 is 10.5. The Kier molecular flexibility index (Phi) is 31.9. The van der Waals surface area contributed by atoms with E-state index in [1.54, 1.807) is 30.2 Å². The number of methoxy groups -OCH3 is 1. The average Bonchev–Trinajstić information content (AvgIpc) is 3.78. The molecule has 2 aliphatic rings. The Morgan fingerprint density at radius 1 is 1.00 bits per heavy atom. The predicted molar refractivity (Wildman–Crippen MR) is 216 cm³/mol. The summed E-state index contributed by atoms with van der Waals surface area (Å²) in [5, 5.41) is 1.10. The third-order valence-corrected chi connectivity index (χ3v) is 9.22. The number of likely N-dealkylation sites (tertiary alicyclic amines) is 1. The van der Waals surface area contributed by atoms with Gasteiger partial charge in [0.1, 0.15) is 12.4 Å². The molecule has 0 spiro atoms. The van der Waals surface area contributed by atoms with Crippen LogP contribution in [-0.4, -0.2) is 67.6 Å². The molecule has 284 valence electrons. The van der Waals surface area contributed by atoms with Crippen molar-refractivity contribution in [1.82, 2.24) is 4.90 Å². The minimum Gasteiger partial charge on any atom is -0.459 e. The number of carbonyl (C=O) groups excluding carboxylic acids is 3. The summed E-state index contributed by atoms with van der Waals surface area (Å²) in [4.78, 5) is 43.2. The van der Waals surface area contributed by atoms with E-state index in [0.29, 0.717) is 12.4 Å². The van der Waals surface area contributed by atoms with Crippen LogP contribution in [-0.2, 0) is 25.5 Å². The Balaban J connectivity index is -0.000000734. The maximum atomic E-state index is 12.7. The lowest BCUT2D eigenvalue weighted by molar-refractivity contribution is -0.164. The Hall–Kier alpha value is -2.23. The number of allylic oxidation sites excluding steroid dienone is 1. The van der Waals surface area contributed by atoms with E-state index in [0.717, 1.165) is 73.1 Å². The summed E-state index contributed by atoms with van der Waals surface area (Å²) in [7, 11) is 1.67. The van der Waals surface area contributed by atoms with E-state index >= 15 is 0 Å². The van der Waals surface area contributed by atoms with E-state index in [-0.39, 0.29) is 11.9 Å². The van der Waals surface area contributed by atoms with Crippen molar-refractivity contribution in [3.63, 3.8) is 0 Å². The van der Waals surface area contributed by atoms with Gasteiger partial charge in [-0.1, -0.05) is 92.3 Å². The van der Waals surface area contributed by atoms with Crippen LogP contribution in [0.4, 0.5) is 0 Å². The largest absolute Gasteiger partial charge is 0.459 e. The first-order chi connectivity index (χ1) is 23.4. The molecular formula is C40H72N2O5S2. The number of amidine groups is 1. The summed E-state index contributed by atoms with van der Waals surface area (Å²) >= 11 is 3.39. The SMILES string of the molecule is C=C1CN=C(N2CCC(C(=O)c3ccc(CCCC)s3)CC2)S1.C=O.CC.CC.CC.CC/C=C/C(C)(CCCOC)C(=O)OC(C)(C)C. The number of ketones is 1. The summed E-state index contributed by atoms with van der Waals surface area (Å²) in [6.07, 6.45) is 11.9. The fourth-order valence-corrected chi connectivity index (χ4v) is 6.55. The van der Waals surface area contributed by atoms with Crippen LogP contribution in [0.2, 0.25) is 0 Å². The molecule has 0 saturated carbocycles. The van der Waals surface area contributed by atoms with E-state index < -0.39 is 11.0 Å². The van der Waals surface area contributed by atoms with Crippen molar-refractivity contribution in [2.75, 3.05) is 33.4 Å². The van der Waals surface area contributed by atoms with Gasteiger partial charge in [0, 0.05) is 42.5 Å². The number of nitrogens with zero attached hydrogens (tertiary/aromatic N) is 2. The summed E-state index contributed by atoms with van der Waals surface area (Å²) in [5.41, 5.74) is -0.999. The molecule has 1 saturated heterocycles. The zero-order valence-electron chi connectivity index (χ0n) is 33.5. The van der Waals surface area contributed by atoms with Gasteiger partial charge < -0.3 is 19.2 Å². The van der Waals surface area contributed by atoms with E-state index in [2.05, 4.69) is 36.4 Å². The van der Waals surface area contributed by atoms with Gasteiger partial charge in [-0.3, -0.25) is 14.6 Å². The molecule has 1 aromatic heterocycles. The molecule has 49 heavy (non-hydrogen) atoms. The van der Waals surface area contributed by atoms with Gasteiger partial charge in [-0.25, -0.2) is 0 Å². The van der Waals surface area contributed by atoms with Crippen LogP contribution in [0.3, 0.4) is 0 Å². The second-order valence-corrected chi connectivity index (χ2v) is 14.4. The molecule has 3 heterocycles. The molecule has 0 N–H and O–H groups in total. The first-order valence-electron chi connectivity index (χ1n) is 18.4. The molecule has 0 aromatic carbocycles. The molecule has 7 nitrogen and oxygen atoms in total. The fraction of sp³-hybridized carbons (Fsp3) is 0.700. The first-order valence-corrected chi connectivity index (χ1v) is 20.0. The zero-order chi connectivity index (χ0) is 38.5. The van der Waals surface area contributed by atoms with Gasteiger partial charge in [0.2, 0.25) is 0 Å². The number of hydrogen-bond donors (Lipinski definition) is 0. The van der Waals surface area contributed by atoms with Crippen molar-refractivity contribution < 1.29 is 23.9 Å². The number of aryl methyl sites for hydroxylation is 1. The minimum atomic E-state index is -0.554. The summed E-state index contributed by atoms with van der Waals surface area (Å²) in [6, 6.07) is 4.17. The van der Waals surface area contributed by atoms with Crippen LogP contribution in [0.5, 0.6) is 0 Å². The smallest absolute Gasteiger partial charge is 0.316 e. The van der Waals surface area contributed by atoms with Gasteiger partial charge in [-0.15, -0.1) is 11.3 Å². The number of ether oxygens (including phenoxy) is 2. The molecule has 3 rings (SSSR count). The quantitative estimate of drug-likeness (QED) is 0.0918. The zero-order valence-corrected chi connectivity index (χ0v) is 35.2. The molecule has 0 bridgehead atoms. The first kappa shape index (κ1) is 51.1. The number of thiophene rings is 1. The minimum absolute atomic E-state index is 0.157. The molecule has 1 unspecified atom stereocenters. The van der Waals surface area contributed by atoms with Crippen LogP contribution in [0.25, 0.3) is 0 Å². The van der Waals surface area contributed by atoms with E-state index in [9.17, 15) is 9.59 Å². The van der Waals surface area contributed by atoms with Crippen molar-refractivity contribution in [3.8, 4) is 0 Å². The third kappa shape index (κ3) is 21.6. The maximum Gasteiger partial charge on any atom is 0.316 e. The number of aliphatic imine (C=N–C) groups is 1. The van der Waals surface area contributed by atoms with Crippen molar-refractivity contribution in [2.24, 2.45) is 16.3 Å². The lowest BCUT2D eigenvalue weighted by Crippen LogP contribution is -2.38. The van der Waals surface area contributed by atoms with Gasteiger partial charge in [0.15, 0.2) is 11.0 Å². The van der Waals surface area contributed by atoms with Crippen LogP contribution in [0.1, 0.15) is 143 Å². The van der Waals surface area contributed by atoms with Gasteiger partial charge in [0.25, 0.3) is 0 Å². The number of hydrogen-bond acceptors (Lipinski definition) is 9. The highest BCUT2D eigenvalue weighted by atomic mass is 32.2. The maximum absolute atomic E-state index is 12.7. The molecule has 1 atom stereocenters. The Labute approximate surface area is 309 Å². The molecule has 0 aliphatic carbocycles. The van der Waals surface area contributed by atoms with E-state index in [4.69, 9.17) is 14.3 Å². The van der Waals surface area contributed by atoms with Crippen LogP contribution >= 0.6 is 23.1 Å². The molecular weight excluding hydrogens is 653 g/mol. The molecule has 1 aromatic rings. The number of unbranched alkanes of at least 4 members (excludes halogenated alkanes) is 1. The van der Waals surface area contributed by atoms with Crippen LogP contribution in [0, 0.1) is 11.3 Å². The average molecular weight is 725 g/mol. The summed E-state index contributed by atoms with van der Waals surface area (Å²) in [5.74, 6) is 0.373. The number of thioether (sulfide) groups is 1. The van der Waals surface area contributed by atoms with Gasteiger partial charge in [0.05, 0.1) is 16.8 Å². The number of carbonyl (C=O) groups is 3.